The number of hydrogen-bond donors (Lipinski definition) is 6. The second-order valence-electron chi connectivity index (χ2n) is 2.65. The predicted molar refractivity (Wildman–Crippen MR) is 93.9 cm³/mol. The lowest BCUT2D eigenvalue weighted by atomic mass is 10.7. The van der Waals surface area contributed by atoms with E-state index in [-0.39, 0.29) is 0 Å². The molecule has 0 saturated carbocycles. The summed E-state index contributed by atoms with van der Waals surface area (Å²) in [6, 6.07) is 0. The van der Waals surface area contributed by atoms with Crippen LogP contribution in [0.25, 0.3) is 0 Å². The van der Waals surface area contributed by atoms with Crippen LogP contribution in [0, 0.1) is 0 Å². The monoisotopic (exact) mass is 356 g/mol. The summed E-state index contributed by atoms with van der Waals surface area (Å²) >= 11 is 0. The fourth-order valence-corrected chi connectivity index (χ4v) is 0. The van der Waals surface area contributed by atoms with E-state index in [9.17, 15) is 0 Å². The molecule has 24 heavy (non-hydrogen) atoms. The van der Waals surface area contributed by atoms with Crippen LogP contribution >= 0.6 is 0 Å². The number of rotatable bonds is 1. The van der Waals surface area contributed by atoms with Gasteiger partial charge < -0.3 is 31.9 Å². The molecule has 0 radical (unpaired) electrons. The topological polar surface area (TPSA) is 201 Å². The minimum Gasteiger partial charge on any atom is -0.481 e. The predicted octanol–water partition coefficient (Wildman–Crippen LogP) is 0.872. The fourth-order valence-electron chi connectivity index (χ4n) is 0. The molecule has 0 aromatic rings. The minimum absolute atomic E-state index is 0.597. The second-order valence-corrected chi connectivity index (χ2v) is 2.65. The molecule has 0 heterocycles. The van der Waals surface area contributed by atoms with E-state index in [0.717, 1.165) is 27.7 Å². The number of nitrogens with two attached hydrogens (primary N) is 2. The smallest absolute Gasteiger partial charge is 0.300 e. The average molecular weight is 356 g/mol. The lowest BCUT2D eigenvalue weighted by Crippen LogP contribution is -2.11. The van der Waals surface area contributed by atoms with Crippen molar-refractivity contribution in [2.75, 3.05) is 13.1 Å². The van der Waals surface area contributed by atoms with E-state index in [1.54, 1.807) is 0 Å². The Morgan fingerprint density at radius 1 is 0.583 bits per heavy atom. The van der Waals surface area contributed by atoms with Crippen molar-refractivity contribution in [2.45, 2.75) is 27.7 Å². The minimum atomic E-state index is -0.833. The first kappa shape index (κ1) is 42.9. The summed E-state index contributed by atoms with van der Waals surface area (Å²) in [6.45, 7) is 17.5. The van der Waals surface area contributed by atoms with Crippen molar-refractivity contribution in [1.29, 1.82) is 0 Å². The van der Waals surface area contributed by atoms with E-state index in [1.165, 1.54) is 0 Å². The Labute approximate surface area is 143 Å². The normalized spacial score (nSPS) is 5.75. The maximum atomic E-state index is 9.00. The molecule has 10 heteroatoms. The Morgan fingerprint density at radius 3 is 0.625 bits per heavy atom. The first-order valence-corrected chi connectivity index (χ1v) is 6.03. The molecule has 0 rings (SSSR count). The first-order chi connectivity index (χ1) is 10.8. The Bertz CT molecular complexity index is 216. The Morgan fingerprint density at radius 2 is 0.625 bits per heavy atom. The van der Waals surface area contributed by atoms with Gasteiger partial charge in [-0.2, -0.15) is 0 Å². The highest BCUT2D eigenvalue weighted by Crippen LogP contribution is 1.43. The van der Waals surface area contributed by atoms with E-state index in [2.05, 4.69) is 26.3 Å². The van der Waals surface area contributed by atoms with Crippen molar-refractivity contribution >= 4 is 23.9 Å². The molecular formula is C14H32N2O8. The quantitative estimate of drug-likeness (QED) is 0.366. The number of aliphatic carboxylic acids is 4. The Kier molecular flexibility index (Phi) is 106. The zero-order valence-corrected chi connectivity index (χ0v) is 14.8. The van der Waals surface area contributed by atoms with Gasteiger partial charge in [-0.05, 0) is 0 Å². The van der Waals surface area contributed by atoms with Crippen LogP contribution in [0.3, 0.4) is 0 Å². The summed E-state index contributed by atoms with van der Waals surface area (Å²) in [5, 5.41) is 29.7. The van der Waals surface area contributed by atoms with Crippen LogP contribution in [-0.4, -0.2) is 57.4 Å². The van der Waals surface area contributed by atoms with Gasteiger partial charge in [0.05, 0.1) is 0 Å². The summed E-state index contributed by atoms with van der Waals surface area (Å²) in [7, 11) is 0. The van der Waals surface area contributed by atoms with Gasteiger partial charge in [0.15, 0.2) is 0 Å². The van der Waals surface area contributed by atoms with E-state index >= 15 is 0 Å². The fraction of sp³-hybridized carbons (Fsp3) is 0.429. The van der Waals surface area contributed by atoms with Crippen LogP contribution < -0.4 is 11.5 Å². The maximum Gasteiger partial charge on any atom is 0.300 e. The van der Waals surface area contributed by atoms with Crippen molar-refractivity contribution in [1.82, 2.24) is 0 Å². The average Bonchev–Trinajstić information content (AvgIpc) is 2.40. The lowest BCUT2D eigenvalue weighted by molar-refractivity contribution is -0.135. The van der Waals surface area contributed by atoms with E-state index < -0.39 is 23.9 Å². The van der Waals surface area contributed by atoms with Gasteiger partial charge in [-0.25, -0.2) is 0 Å². The molecule has 0 spiro atoms. The zero-order valence-electron chi connectivity index (χ0n) is 14.8. The molecule has 0 unspecified atom stereocenters. The van der Waals surface area contributed by atoms with Crippen LogP contribution in [0.15, 0.2) is 26.3 Å². The molecule has 0 aliphatic heterocycles. The summed E-state index contributed by atoms with van der Waals surface area (Å²) in [5.74, 6) is -3.33. The van der Waals surface area contributed by atoms with Crippen molar-refractivity contribution in [2.24, 2.45) is 11.5 Å². The van der Waals surface area contributed by atoms with Gasteiger partial charge in [-0.15, -0.1) is 26.3 Å². The van der Waals surface area contributed by atoms with Crippen molar-refractivity contribution < 1.29 is 39.6 Å². The lowest BCUT2D eigenvalue weighted by Gasteiger charge is -1.72. The van der Waals surface area contributed by atoms with E-state index in [0.29, 0.717) is 13.1 Å². The molecule has 0 bridgehead atoms. The van der Waals surface area contributed by atoms with Crippen LogP contribution in [0.4, 0.5) is 0 Å². The van der Waals surface area contributed by atoms with Gasteiger partial charge in [-0.1, -0.05) is 0 Å². The number of hydrogen-bond acceptors (Lipinski definition) is 6. The second kappa shape index (κ2) is 59.2. The van der Waals surface area contributed by atoms with Gasteiger partial charge in [0.2, 0.25) is 0 Å². The molecule has 0 amide bonds. The summed E-state index contributed by atoms with van der Waals surface area (Å²) < 4.78 is 0. The number of carbonyl (C=O) groups is 4. The molecule has 8 N–H and O–H groups in total. The molecule has 0 aliphatic carbocycles. The van der Waals surface area contributed by atoms with Gasteiger partial charge in [-0.3, -0.25) is 19.2 Å². The van der Waals surface area contributed by atoms with Crippen LogP contribution in [0.1, 0.15) is 27.7 Å². The van der Waals surface area contributed by atoms with Gasteiger partial charge in [0, 0.05) is 40.8 Å². The zero-order chi connectivity index (χ0) is 21.7. The van der Waals surface area contributed by atoms with Gasteiger partial charge in [0.1, 0.15) is 0 Å². The maximum absolute atomic E-state index is 9.00. The summed E-state index contributed by atoms with van der Waals surface area (Å²) in [6.07, 6.45) is 0. The highest BCUT2D eigenvalue weighted by atomic mass is 16.4. The van der Waals surface area contributed by atoms with Crippen molar-refractivity contribution in [3.05, 3.63) is 26.3 Å². The molecule has 0 aromatic heterocycles. The number of carboxylic acids is 4. The summed E-state index contributed by atoms with van der Waals surface area (Å²) in [5.41, 5.74) is 9.81. The number of carboxylic acid groups (broad SMARTS) is 4. The SMILES string of the molecule is C=C.C=C.CC(=O)O.CC(=O)O.CC(=O)O.CC(=O)O.NCCN. The van der Waals surface area contributed by atoms with Gasteiger partial charge in [0.25, 0.3) is 23.9 Å². The molecule has 0 aliphatic rings. The van der Waals surface area contributed by atoms with E-state index in [1.807, 2.05) is 0 Å². The Balaban J connectivity index is -0.0000000286. The first-order valence-electron chi connectivity index (χ1n) is 6.03. The Hall–Kier alpha value is -2.72. The third kappa shape index (κ3) is 2180. The van der Waals surface area contributed by atoms with Crippen LogP contribution in [0.2, 0.25) is 0 Å². The van der Waals surface area contributed by atoms with Crippen LogP contribution in [0.5, 0.6) is 0 Å². The molecule has 10 nitrogen and oxygen atoms in total. The highest BCUT2D eigenvalue weighted by Gasteiger charge is 1.66. The van der Waals surface area contributed by atoms with E-state index in [4.69, 9.17) is 51.1 Å². The largest absolute Gasteiger partial charge is 0.481 e. The van der Waals surface area contributed by atoms with Crippen molar-refractivity contribution in [3.8, 4) is 0 Å². The summed E-state index contributed by atoms with van der Waals surface area (Å²) in [4.78, 5) is 36.0. The third-order valence-electron chi connectivity index (χ3n) is 0.167. The molecule has 0 fully saturated rings. The van der Waals surface area contributed by atoms with Crippen LogP contribution in [-0.2, 0) is 19.2 Å². The third-order valence-corrected chi connectivity index (χ3v) is 0.167. The molecule has 146 valence electrons. The standard InChI is InChI=1S/C2H8N2.4C2H4O2.2C2H4/c3-1-2-4;4*1-2(3)4;2*1-2/h1-4H2;4*1H3,(H,3,4);2*1-2H2. The molecular weight excluding hydrogens is 324 g/mol. The molecule has 0 saturated heterocycles. The molecule has 0 aromatic carbocycles. The molecule has 0 atom stereocenters. The van der Waals surface area contributed by atoms with Crippen molar-refractivity contribution in [3.63, 3.8) is 0 Å². The highest BCUT2D eigenvalue weighted by molar-refractivity contribution is 5.63. The van der Waals surface area contributed by atoms with Gasteiger partial charge >= 0.3 is 0 Å².